The van der Waals surface area contributed by atoms with Gasteiger partial charge < -0.3 is 10.2 Å². The highest BCUT2D eigenvalue weighted by Crippen LogP contribution is 2.71. The molecule has 13 aliphatic rings. The van der Waals surface area contributed by atoms with E-state index >= 15 is 0 Å². The molecule has 12 fully saturated rings. The number of nitro benzene ring substituents is 2. The minimum absolute atomic E-state index is 0.0188. The molecule has 13 aliphatic carbocycles. The number of phenolic OH excluding ortho intramolecular Hbond substituents is 2. The Morgan fingerprint density at radius 1 is 0.462 bits per heavy atom. The Morgan fingerprint density at radius 3 is 1.32 bits per heavy atom. The van der Waals surface area contributed by atoms with E-state index in [1.165, 1.54) is 63.4 Å². The molecule has 12 bridgehead atoms. The number of aromatic hydroxyl groups is 2. The lowest BCUT2D eigenvalue weighted by Gasteiger charge is -2.65. The fourth-order valence-corrected chi connectivity index (χ4v) is 20.8. The standard InChI is InChI=1S/C57H62N2O6/c1-52-20-38-21-53(2,29-52)31-56(28-38,30-52)39-7-8-43-42-5-3-4-6-44(42)57(45(43)15-39,40-16-46(50(60)48(18-40)58(62)63)54-22-32-9-33(23-54)11-34(10-32)24-54)41-17-47(51(61)49(19-41)59(64)65)55-25-35-12-36(26-55)14-37(13-35)27-55/h3-8,15-19,32-38,60-61H,9-14,20-31H2,1-2H3. The van der Waals surface area contributed by atoms with Gasteiger partial charge in [0, 0.05) is 34.1 Å². The van der Waals surface area contributed by atoms with E-state index in [0.717, 1.165) is 80.0 Å². The highest BCUT2D eigenvalue weighted by atomic mass is 16.6. The second-order valence-corrected chi connectivity index (χ2v) is 25.7. The van der Waals surface area contributed by atoms with Gasteiger partial charge in [0.05, 0.1) is 15.3 Å². The monoisotopic (exact) mass is 870 g/mol. The summed E-state index contributed by atoms with van der Waals surface area (Å²) in [5.41, 5.74) is 6.09. The minimum atomic E-state index is -1.22. The number of fused-ring (bicyclic) bond motifs is 3. The van der Waals surface area contributed by atoms with E-state index in [1.807, 2.05) is 6.07 Å². The van der Waals surface area contributed by atoms with E-state index in [2.05, 4.69) is 62.4 Å². The topological polar surface area (TPSA) is 127 Å². The van der Waals surface area contributed by atoms with Crippen molar-refractivity contribution >= 4 is 11.4 Å². The van der Waals surface area contributed by atoms with Gasteiger partial charge in [-0.05, 0) is 224 Å². The van der Waals surface area contributed by atoms with E-state index in [4.69, 9.17) is 0 Å². The summed E-state index contributed by atoms with van der Waals surface area (Å²) in [6.45, 7) is 5.03. The zero-order valence-corrected chi connectivity index (χ0v) is 38.0. The van der Waals surface area contributed by atoms with Crippen molar-refractivity contribution in [3.8, 4) is 22.6 Å². The molecule has 2 unspecified atom stereocenters. The van der Waals surface area contributed by atoms with Crippen LogP contribution in [0.2, 0.25) is 0 Å². The summed E-state index contributed by atoms with van der Waals surface area (Å²) in [6, 6.07) is 23.1. The summed E-state index contributed by atoms with van der Waals surface area (Å²) < 4.78 is 0. The van der Waals surface area contributed by atoms with Gasteiger partial charge in [-0.1, -0.05) is 56.3 Å². The molecular weight excluding hydrogens is 809 g/mol. The molecular formula is C57H62N2O6. The third-order valence-corrected chi connectivity index (χ3v) is 20.9. The minimum Gasteiger partial charge on any atom is -0.502 e. The molecule has 65 heavy (non-hydrogen) atoms. The second kappa shape index (κ2) is 12.6. The van der Waals surface area contributed by atoms with Crippen molar-refractivity contribution in [2.24, 2.45) is 52.3 Å². The highest BCUT2D eigenvalue weighted by molar-refractivity contribution is 5.88. The predicted octanol–water partition coefficient (Wildman–Crippen LogP) is 13.5. The van der Waals surface area contributed by atoms with Crippen LogP contribution in [0, 0.1) is 72.5 Å². The van der Waals surface area contributed by atoms with Crippen molar-refractivity contribution in [3.05, 3.63) is 126 Å². The Balaban J connectivity index is 1.08. The lowest BCUT2D eigenvalue weighted by molar-refractivity contribution is -0.386. The van der Waals surface area contributed by atoms with Gasteiger partial charge in [-0.2, -0.15) is 0 Å². The van der Waals surface area contributed by atoms with Crippen LogP contribution in [-0.2, 0) is 21.7 Å². The van der Waals surface area contributed by atoms with Gasteiger partial charge in [0.1, 0.15) is 0 Å². The summed E-state index contributed by atoms with van der Waals surface area (Å²) >= 11 is 0. The molecule has 8 nitrogen and oxygen atoms in total. The Kier molecular flexibility index (Phi) is 7.66. The first kappa shape index (κ1) is 39.4. The van der Waals surface area contributed by atoms with Gasteiger partial charge in [-0.15, -0.1) is 0 Å². The summed E-state index contributed by atoms with van der Waals surface area (Å²) in [7, 11) is 0. The van der Waals surface area contributed by atoms with Crippen LogP contribution in [0.4, 0.5) is 11.4 Å². The quantitative estimate of drug-likeness (QED) is 0.124. The molecule has 336 valence electrons. The van der Waals surface area contributed by atoms with Gasteiger partial charge in [-0.3, -0.25) is 20.2 Å². The number of hydrogen-bond donors (Lipinski definition) is 2. The molecule has 12 saturated carbocycles. The van der Waals surface area contributed by atoms with Crippen LogP contribution in [0.5, 0.6) is 11.5 Å². The van der Waals surface area contributed by atoms with E-state index in [1.54, 1.807) is 12.1 Å². The molecule has 0 saturated heterocycles. The summed E-state index contributed by atoms with van der Waals surface area (Å²) in [4.78, 5) is 26.2. The maximum Gasteiger partial charge on any atom is 0.311 e. The molecule has 0 heterocycles. The molecule has 2 atom stereocenters. The van der Waals surface area contributed by atoms with E-state index in [9.17, 15) is 30.4 Å². The first-order valence-electron chi connectivity index (χ1n) is 25.4. The van der Waals surface area contributed by atoms with Crippen LogP contribution < -0.4 is 0 Å². The van der Waals surface area contributed by atoms with E-state index in [-0.39, 0.29) is 49.9 Å². The molecule has 0 amide bonds. The normalized spacial score (nSPS) is 41.8. The largest absolute Gasteiger partial charge is 0.502 e. The van der Waals surface area contributed by atoms with Crippen LogP contribution in [0.15, 0.2) is 66.7 Å². The van der Waals surface area contributed by atoms with Crippen molar-refractivity contribution in [3.63, 3.8) is 0 Å². The Morgan fingerprint density at radius 2 is 0.877 bits per heavy atom. The first-order valence-corrected chi connectivity index (χ1v) is 25.4. The van der Waals surface area contributed by atoms with Gasteiger partial charge >= 0.3 is 11.4 Å². The molecule has 8 heteroatoms. The van der Waals surface area contributed by atoms with Crippen molar-refractivity contribution in [2.45, 2.75) is 151 Å². The van der Waals surface area contributed by atoms with E-state index < -0.39 is 15.3 Å². The number of benzene rings is 4. The molecule has 2 N–H and O–H groups in total. The fraction of sp³-hybridized carbons (Fsp3) is 0.579. The van der Waals surface area contributed by atoms with Crippen LogP contribution in [0.3, 0.4) is 0 Å². The lowest BCUT2D eigenvalue weighted by Crippen LogP contribution is -2.56. The predicted molar refractivity (Wildman–Crippen MR) is 249 cm³/mol. The van der Waals surface area contributed by atoms with Crippen LogP contribution in [0.1, 0.15) is 168 Å². The number of phenols is 2. The van der Waals surface area contributed by atoms with E-state index in [0.29, 0.717) is 63.7 Å². The summed E-state index contributed by atoms with van der Waals surface area (Å²) in [5, 5.41) is 51.7. The molecule has 4 aromatic carbocycles. The van der Waals surface area contributed by atoms with Gasteiger partial charge in [0.2, 0.25) is 0 Å². The zero-order valence-electron chi connectivity index (χ0n) is 38.0. The number of hydrogen-bond acceptors (Lipinski definition) is 6. The average Bonchev–Trinajstić information content (AvgIpc) is 3.52. The molecule has 0 spiro atoms. The van der Waals surface area contributed by atoms with Gasteiger partial charge in [0.25, 0.3) is 0 Å². The Hall–Kier alpha value is -4.72. The maximum atomic E-state index is 13.5. The van der Waals surface area contributed by atoms with Crippen molar-refractivity contribution in [1.29, 1.82) is 0 Å². The maximum absolute atomic E-state index is 13.5. The summed E-state index contributed by atoms with van der Waals surface area (Å²) in [6.07, 6.45) is 19.9. The number of nitro groups is 2. The SMILES string of the molecule is CC12CC3CC(C)(C1)CC(c1ccc4c(c1)C(c1cc([N+](=O)[O-])c(O)c(C56CC7CC(CC(C7)C5)C6)c1)(c1cc([N+](=O)[O-])c(O)c(C56CC7CC(CC(C7)C5)C6)c1)c1ccccc1-4)(C3)C2. The molecule has 17 rings (SSSR count). The second-order valence-electron chi connectivity index (χ2n) is 25.7. The number of nitrogens with zero attached hydrogens (tertiary/aromatic N) is 2. The molecule has 0 aromatic heterocycles. The zero-order chi connectivity index (χ0) is 44.2. The Bertz CT molecular complexity index is 2600. The lowest BCUT2D eigenvalue weighted by atomic mass is 9.39. The van der Waals surface area contributed by atoms with Crippen molar-refractivity contribution in [1.82, 2.24) is 0 Å². The number of rotatable bonds is 7. The fourth-order valence-electron chi connectivity index (χ4n) is 20.8. The average molecular weight is 871 g/mol. The van der Waals surface area contributed by atoms with Crippen molar-refractivity contribution < 1.29 is 20.1 Å². The third kappa shape index (κ3) is 5.26. The van der Waals surface area contributed by atoms with Gasteiger partial charge in [0.15, 0.2) is 11.5 Å². The summed E-state index contributed by atoms with van der Waals surface area (Å²) in [5.74, 6) is 3.49. The van der Waals surface area contributed by atoms with Gasteiger partial charge in [-0.25, -0.2) is 0 Å². The van der Waals surface area contributed by atoms with Crippen LogP contribution in [0.25, 0.3) is 11.1 Å². The smallest absolute Gasteiger partial charge is 0.311 e. The molecule has 0 aliphatic heterocycles. The van der Waals surface area contributed by atoms with Crippen LogP contribution in [-0.4, -0.2) is 20.1 Å². The molecule has 0 radical (unpaired) electrons. The van der Waals surface area contributed by atoms with Crippen molar-refractivity contribution in [2.75, 3.05) is 0 Å². The Labute approximate surface area is 381 Å². The van der Waals surface area contributed by atoms with Crippen LogP contribution >= 0.6 is 0 Å². The highest BCUT2D eigenvalue weighted by Gasteiger charge is 2.62. The third-order valence-electron chi connectivity index (χ3n) is 20.9. The molecule has 4 aromatic rings. The first-order chi connectivity index (χ1) is 31.1.